The number of nitrogens with one attached hydrogen (secondary N) is 2. The maximum atomic E-state index is 11.1. The van der Waals surface area contributed by atoms with Crippen LogP contribution in [0.4, 0.5) is 4.79 Å². The zero-order chi connectivity index (χ0) is 11.1. The van der Waals surface area contributed by atoms with Gasteiger partial charge in [-0.05, 0) is 0 Å². The highest BCUT2D eigenvalue weighted by Crippen LogP contribution is 1.85. The molecular weight excluding hydrogens is 210 g/mol. The summed E-state index contributed by atoms with van der Waals surface area (Å²) in [7, 11) is 2.85. The molecule has 0 aromatic rings. The van der Waals surface area contributed by atoms with Crippen LogP contribution in [0.1, 0.15) is 0 Å². The Hall–Kier alpha value is -1.30. The summed E-state index contributed by atoms with van der Waals surface area (Å²) >= 11 is 5.17. The van der Waals surface area contributed by atoms with Gasteiger partial charge in [0, 0.05) is 14.1 Å². The predicted molar refractivity (Wildman–Crippen MR) is 51.0 cm³/mol. The molecule has 0 fully saturated rings. The average molecular weight is 222 g/mol. The van der Waals surface area contributed by atoms with Crippen LogP contribution in [0.15, 0.2) is 0 Å². The van der Waals surface area contributed by atoms with E-state index in [0.717, 1.165) is 4.90 Å². The number of imide groups is 1. The van der Waals surface area contributed by atoms with Crippen LogP contribution in [-0.4, -0.2) is 49.3 Å². The molecule has 0 aliphatic carbocycles. The molecule has 0 aliphatic heterocycles. The van der Waals surface area contributed by atoms with Crippen molar-refractivity contribution in [3.63, 3.8) is 0 Å². The van der Waals surface area contributed by atoms with E-state index in [1.807, 2.05) is 5.32 Å². The fourth-order valence-electron chi connectivity index (χ4n) is 0.614. The molecule has 2 N–H and O–H groups in total. The van der Waals surface area contributed by atoms with Gasteiger partial charge in [-0.15, -0.1) is 11.6 Å². The molecule has 6 nitrogen and oxygen atoms in total. The van der Waals surface area contributed by atoms with E-state index < -0.39 is 11.9 Å². The number of likely N-dealkylation sites (N-methyl/N-ethyl adjacent to an activating group) is 2. The molecule has 0 aromatic carbocycles. The van der Waals surface area contributed by atoms with Gasteiger partial charge in [0.25, 0.3) is 0 Å². The number of nitrogens with zero attached hydrogens (tertiary/aromatic N) is 1. The molecule has 0 spiro atoms. The third-order valence-corrected chi connectivity index (χ3v) is 1.62. The van der Waals surface area contributed by atoms with Crippen LogP contribution in [0.5, 0.6) is 0 Å². The average Bonchev–Trinajstić information content (AvgIpc) is 2.17. The minimum atomic E-state index is -0.653. The van der Waals surface area contributed by atoms with Crippen molar-refractivity contribution in [2.75, 3.05) is 26.5 Å². The quantitative estimate of drug-likeness (QED) is 0.609. The maximum absolute atomic E-state index is 11.1. The number of carbonyl (C=O) groups is 3. The fourth-order valence-corrected chi connectivity index (χ4v) is 0.681. The van der Waals surface area contributed by atoms with Crippen molar-refractivity contribution in [3.8, 4) is 0 Å². The van der Waals surface area contributed by atoms with Crippen molar-refractivity contribution in [1.82, 2.24) is 15.5 Å². The van der Waals surface area contributed by atoms with Crippen LogP contribution in [-0.2, 0) is 9.59 Å². The molecule has 7 heteroatoms. The summed E-state index contributed by atoms with van der Waals surface area (Å²) < 4.78 is 0. The Morgan fingerprint density at radius 2 is 1.86 bits per heavy atom. The Bertz CT molecular complexity index is 244. The molecule has 80 valence electrons. The summed E-state index contributed by atoms with van der Waals surface area (Å²) in [6.07, 6.45) is 0. The minimum absolute atomic E-state index is 0.113. The smallest absolute Gasteiger partial charge is 0.324 e. The molecule has 0 aliphatic rings. The first kappa shape index (κ1) is 12.7. The number of alkyl halides is 1. The Labute approximate surface area is 86.6 Å². The molecule has 14 heavy (non-hydrogen) atoms. The Kier molecular flexibility index (Phi) is 5.62. The molecule has 0 aromatic heterocycles. The summed E-state index contributed by atoms with van der Waals surface area (Å²) in [4.78, 5) is 33.7. The molecule has 0 atom stereocenters. The van der Waals surface area contributed by atoms with Crippen molar-refractivity contribution in [1.29, 1.82) is 0 Å². The van der Waals surface area contributed by atoms with E-state index in [-0.39, 0.29) is 18.3 Å². The second-order valence-corrected chi connectivity index (χ2v) is 2.78. The van der Waals surface area contributed by atoms with E-state index >= 15 is 0 Å². The zero-order valence-corrected chi connectivity index (χ0v) is 8.72. The van der Waals surface area contributed by atoms with Crippen LogP contribution >= 0.6 is 11.6 Å². The summed E-state index contributed by atoms with van der Waals surface area (Å²) in [5.74, 6) is -1.21. The first-order valence-electron chi connectivity index (χ1n) is 3.82. The van der Waals surface area contributed by atoms with Crippen molar-refractivity contribution in [2.24, 2.45) is 0 Å². The minimum Gasteiger partial charge on any atom is -0.358 e. The van der Waals surface area contributed by atoms with Crippen molar-refractivity contribution in [3.05, 3.63) is 0 Å². The Morgan fingerprint density at radius 3 is 2.29 bits per heavy atom. The fraction of sp³-hybridized carbons (Fsp3) is 0.571. The van der Waals surface area contributed by atoms with Crippen molar-refractivity contribution < 1.29 is 14.4 Å². The summed E-state index contributed by atoms with van der Waals surface area (Å²) in [5.41, 5.74) is 0. The highest BCUT2D eigenvalue weighted by atomic mass is 35.5. The van der Waals surface area contributed by atoms with Crippen LogP contribution in [0.2, 0.25) is 0 Å². The zero-order valence-electron chi connectivity index (χ0n) is 7.96. The van der Waals surface area contributed by atoms with E-state index in [0.29, 0.717) is 0 Å². The van der Waals surface area contributed by atoms with Crippen molar-refractivity contribution >= 4 is 29.4 Å². The molecular formula is C7H12ClN3O3. The SMILES string of the molecule is CNC(=O)CN(C)C(=O)NC(=O)CCl. The van der Waals surface area contributed by atoms with E-state index in [1.165, 1.54) is 14.1 Å². The van der Waals surface area contributed by atoms with E-state index in [4.69, 9.17) is 11.6 Å². The van der Waals surface area contributed by atoms with Gasteiger partial charge in [-0.3, -0.25) is 14.9 Å². The maximum Gasteiger partial charge on any atom is 0.324 e. The van der Waals surface area contributed by atoms with Gasteiger partial charge in [-0.2, -0.15) is 0 Å². The van der Waals surface area contributed by atoms with Crippen LogP contribution < -0.4 is 10.6 Å². The number of rotatable bonds is 3. The Morgan fingerprint density at radius 1 is 1.29 bits per heavy atom. The molecule has 0 rings (SSSR count). The summed E-state index contributed by atoms with van der Waals surface area (Å²) in [5, 5.41) is 4.34. The number of carbonyl (C=O) groups excluding carboxylic acids is 3. The number of halogens is 1. The van der Waals surface area contributed by atoms with Gasteiger partial charge in [0.05, 0.1) is 0 Å². The largest absolute Gasteiger partial charge is 0.358 e. The lowest BCUT2D eigenvalue weighted by molar-refractivity contribution is -0.121. The standard InChI is InChI=1S/C7H12ClN3O3/c1-9-6(13)4-11(2)7(14)10-5(12)3-8/h3-4H2,1-2H3,(H,9,13)(H,10,12,14). The number of hydrogen-bond acceptors (Lipinski definition) is 3. The van der Waals surface area contributed by atoms with E-state index in [1.54, 1.807) is 0 Å². The van der Waals surface area contributed by atoms with Crippen molar-refractivity contribution in [2.45, 2.75) is 0 Å². The number of urea groups is 1. The second-order valence-electron chi connectivity index (χ2n) is 2.52. The van der Waals surface area contributed by atoms with Crippen LogP contribution in [0.25, 0.3) is 0 Å². The lowest BCUT2D eigenvalue weighted by atomic mass is 10.5. The first-order valence-corrected chi connectivity index (χ1v) is 4.36. The van der Waals surface area contributed by atoms with Gasteiger partial charge in [0.1, 0.15) is 12.4 Å². The number of amides is 4. The molecule has 0 heterocycles. The normalized spacial score (nSPS) is 9.07. The summed E-state index contributed by atoms with van der Waals surface area (Å²) in [6.45, 7) is -0.113. The highest BCUT2D eigenvalue weighted by Gasteiger charge is 2.13. The van der Waals surface area contributed by atoms with Gasteiger partial charge in [-0.1, -0.05) is 0 Å². The van der Waals surface area contributed by atoms with Crippen LogP contribution in [0, 0.1) is 0 Å². The Balaban J connectivity index is 3.99. The lowest BCUT2D eigenvalue weighted by Crippen LogP contribution is -2.45. The molecule has 0 saturated carbocycles. The monoisotopic (exact) mass is 221 g/mol. The lowest BCUT2D eigenvalue weighted by Gasteiger charge is -2.15. The van der Waals surface area contributed by atoms with Gasteiger partial charge in [-0.25, -0.2) is 4.79 Å². The molecule has 4 amide bonds. The second kappa shape index (κ2) is 6.20. The molecule has 0 bridgehead atoms. The van der Waals surface area contributed by atoms with E-state index in [2.05, 4.69) is 5.32 Å². The van der Waals surface area contributed by atoms with Gasteiger partial charge >= 0.3 is 6.03 Å². The number of hydrogen-bond donors (Lipinski definition) is 2. The molecule has 0 unspecified atom stereocenters. The predicted octanol–water partition coefficient (Wildman–Crippen LogP) is -0.861. The van der Waals surface area contributed by atoms with Crippen LogP contribution in [0.3, 0.4) is 0 Å². The van der Waals surface area contributed by atoms with Gasteiger partial charge in [0.15, 0.2) is 0 Å². The first-order chi connectivity index (χ1) is 6.51. The third-order valence-electron chi connectivity index (χ3n) is 1.37. The topological polar surface area (TPSA) is 78.5 Å². The molecule has 0 saturated heterocycles. The third kappa shape index (κ3) is 4.66. The van der Waals surface area contributed by atoms with Gasteiger partial charge < -0.3 is 10.2 Å². The summed E-state index contributed by atoms with van der Waals surface area (Å²) in [6, 6.07) is -0.653. The highest BCUT2D eigenvalue weighted by molar-refractivity contribution is 6.28. The van der Waals surface area contributed by atoms with E-state index in [9.17, 15) is 14.4 Å². The van der Waals surface area contributed by atoms with Gasteiger partial charge in [0.2, 0.25) is 11.8 Å². The molecule has 0 radical (unpaired) electrons.